The normalized spacial score (nSPS) is 11.2. The number of phenols is 2. The minimum atomic E-state index is -0.888. The molecule has 0 bridgehead atoms. The number of aromatic hydroxyl groups is 2. The smallest absolute Gasteiger partial charge is 0.338 e. The third-order valence-corrected chi connectivity index (χ3v) is 4.23. The van der Waals surface area contributed by atoms with E-state index in [9.17, 15) is 20.1 Å². The van der Waals surface area contributed by atoms with Gasteiger partial charge in [-0.2, -0.15) is 0 Å². The van der Waals surface area contributed by atoms with Gasteiger partial charge in [0.25, 0.3) is 0 Å². The third kappa shape index (κ3) is 4.48. The summed E-state index contributed by atoms with van der Waals surface area (Å²) in [5.74, 6) is -0.462. The highest BCUT2D eigenvalue weighted by Gasteiger charge is 2.31. The molecule has 7 nitrogen and oxygen atoms in total. The van der Waals surface area contributed by atoms with Gasteiger partial charge >= 0.3 is 5.97 Å². The Hall–Kier alpha value is -2.93. The SMILES string of the molecule is CCCOC(=O)c1ccc(Oc2cc(O)c(C(C)(C)CO)c(O)c2OC)cc1. The maximum atomic E-state index is 11.9. The summed E-state index contributed by atoms with van der Waals surface area (Å²) in [5.41, 5.74) is -0.341. The molecular weight excluding hydrogens is 364 g/mol. The molecule has 2 rings (SSSR count). The molecule has 2 aromatic rings. The predicted octanol–water partition coefficient (Wildman–Crippen LogP) is 3.74. The zero-order valence-electron chi connectivity index (χ0n) is 16.5. The summed E-state index contributed by atoms with van der Waals surface area (Å²) >= 11 is 0. The van der Waals surface area contributed by atoms with Gasteiger partial charge in [-0.3, -0.25) is 0 Å². The number of ether oxygens (including phenoxy) is 3. The fraction of sp³-hybridized carbons (Fsp3) is 0.381. The van der Waals surface area contributed by atoms with Crippen molar-refractivity contribution in [3.63, 3.8) is 0 Å². The lowest BCUT2D eigenvalue weighted by Gasteiger charge is -2.26. The van der Waals surface area contributed by atoms with E-state index in [1.165, 1.54) is 13.2 Å². The second-order valence-electron chi connectivity index (χ2n) is 6.96. The largest absolute Gasteiger partial charge is 0.507 e. The first-order valence-electron chi connectivity index (χ1n) is 8.94. The van der Waals surface area contributed by atoms with Crippen molar-refractivity contribution < 1.29 is 34.3 Å². The van der Waals surface area contributed by atoms with E-state index in [0.29, 0.717) is 17.9 Å². The average Bonchev–Trinajstić information content (AvgIpc) is 2.66. The van der Waals surface area contributed by atoms with Gasteiger partial charge in [-0.25, -0.2) is 4.79 Å². The molecule has 152 valence electrons. The highest BCUT2D eigenvalue weighted by atomic mass is 16.5. The Morgan fingerprint density at radius 3 is 2.32 bits per heavy atom. The molecule has 28 heavy (non-hydrogen) atoms. The molecular formula is C21H26O7. The highest BCUT2D eigenvalue weighted by molar-refractivity contribution is 5.89. The van der Waals surface area contributed by atoms with Gasteiger partial charge in [0, 0.05) is 17.0 Å². The topological polar surface area (TPSA) is 105 Å². The Kier molecular flexibility index (Phi) is 6.75. The van der Waals surface area contributed by atoms with E-state index in [1.54, 1.807) is 38.1 Å². The number of rotatable bonds is 8. The molecule has 0 aliphatic heterocycles. The van der Waals surface area contributed by atoms with Crippen molar-refractivity contribution in [2.75, 3.05) is 20.3 Å². The number of aliphatic hydroxyl groups is 1. The number of esters is 1. The van der Waals surface area contributed by atoms with Crippen LogP contribution in [0.4, 0.5) is 0 Å². The predicted molar refractivity (Wildman–Crippen MR) is 104 cm³/mol. The summed E-state index contributed by atoms with van der Waals surface area (Å²) in [5, 5.41) is 30.5. The average molecular weight is 390 g/mol. The minimum Gasteiger partial charge on any atom is -0.507 e. The van der Waals surface area contributed by atoms with E-state index in [-0.39, 0.29) is 35.2 Å². The van der Waals surface area contributed by atoms with Crippen LogP contribution in [0.2, 0.25) is 0 Å². The van der Waals surface area contributed by atoms with E-state index < -0.39 is 11.4 Å². The second-order valence-corrected chi connectivity index (χ2v) is 6.96. The maximum absolute atomic E-state index is 11.9. The van der Waals surface area contributed by atoms with Crippen LogP contribution in [0, 0.1) is 0 Å². The second kappa shape index (κ2) is 8.84. The molecule has 0 radical (unpaired) electrons. The van der Waals surface area contributed by atoms with Gasteiger partial charge in [0.15, 0.2) is 11.5 Å². The van der Waals surface area contributed by atoms with Crippen molar-refractivity contribution in [1.29, 1.82) is 0 Å². The number of carbonyl (C=O) groups is 1. The summed E-state index contributed by atoms with van der Waals surface area (Å²) < 4.78 is 16.0. The molecule has 0 saturated heterocycles. The standard InChI is InChI=1S/C21H26O7/c1-5-10-27-20(25)13-6-8-14(9-7-13)28-16-11-15(23)17(21(2,3)12-22)18(24)19(16)26-4/h6-9,11,22-24H,5,10,12H2,1-4H3. The van der Waals surface area contributed by atoms with Gasteiger partial charge in [0.1, 0.15) is 11.5 Å². The fourth-order valence-corrected chi connectivity index (χ4v) is 2.70. The number of carbonyl (C=O) groups excluding carboxylic acids is 1. The zero-order valence-corrected chi connectivity index (χ0v) is 16.5. The Bertz CT molecular complexity index is 826. The number of hydrogen-bond acceptors (Lipinski definition) is 7. The highest BCUT2D eigenvalue weighted by Crippen LogP contribution is 2.49. The monoisotopic (exact) mass is 390 g/mol. The molecule has 0 spiro atoms. The van der Waals surface area contributed by atoms with E-state index in [1.807, 2.05) is 6.92 Å². The lowest BCUT2D eigenvalue weighted by Crippen LogP contribution is -2.22. The Labute approximate surface area is 164 Å². The van der Waals surface area contributed by atoms with Crippen LogP contribution in [0.1, 0.15) is 43.1 Å². The molecule has 0 aromatic heterocycles. The lowest BCUT2D eigenvalue weighted by molar-refractivity contribution is 0.0505. The van der Waals surface area contributed by atoms with Crippen LogP contribution in [0.3, 0.4) is 0 Å². The first-order valence-corrected chi connectivity index (χ1v) is 8.94. The van der Waals surface area contributed by atoms with E-state index in [4.69, 9.17) is 14.2 Å². The van der Waals surface area contributed by atoms with Gasteiger partial charge in [-0.1, -0.05) is 20.8 Å². The Balaban J connectivity index is 2.33. The van der Waals surface area contributed by atoms with Gasteiger partial charge < -0.3 is 29.5 Å². The lowest BCUT2D eigenvalue weighted by atomic mass is 9.84. The van der Waals surface area contributed by atoms with Crippen LogP contribution in [0.25, 0.3) is 0 Å². The molecule has 0 unspecified atom stereocenters. The number of benzene rings is 2. The quantitative estimate of drug-likeness (QED) is 0.590. The first kappa shape index (κ1) is 21.4. The van der Waals surface area contributed by atoms with Crippen LogP contribution >= 0.6 is 0 Å². The van der Waals surface area contributed by atoms with Crippen molar-refractivity contribution in [2.45, 2.75) is 32.6 Å². The molecule has 3 N–H and O–H groups in total. The number of hydrogen-bond donors (Lipinski definition) is 3. The van der Waals surface area contributed by atoms with Crippen molar-refractivity contribution >= 4 is 5.97 Å². The van der Waals surface area contributed by atoms with Crippen molar-refractivity contribution in [2.24, 2.45) is 0 Å². The summed E-state index contributed by atoms with van der Waals surface area (Å²) in [4.78, 5) is 11.9. The summed E-state index contributed by atoms with van der Waals surface area (Å²) in [6.07, 6.45) is 0.739. The van der Waals surface area contributed by atoms with Crippen LogP contribution in [0.5, 0.6) is 28.7 Å². The summed E-state index contributed by atoms with van der Waals surface area (Å²) in [7, 11) is 1.36. The van der Waals surface area contributed by atoms with Crippen LogP contribution in [-0.4, -0.2) is 41.6 Å². The molecule has 0 aliphatic carbocycles. The third-order valence-electron chi connectivity index (χ3n) is 4.23. The minimum absolute atomic E-state index is 0.0285. The van der Waals surface area contributed by atoms with Crippen LogP contribution < -0.4 is 9.47 Å². The molecule has 0 aliphatic rings. The molecule has 0 fully saturated rings. The number of aliphatic hydroxyl groups excluding tert-OH is 1. The van der Waals surface area contributed by atoms with Crippen molar-refractivity contribution in [1.82, 2.24) is 0 Å². The summed E-state index contributed by atoms with van der Waals surface area (Å²) in [6.45, 7) is 5.34. The van der Waals surface area contributed by atoms with E-state index in [0.717, 1.165) is 6.42 Å². The zero-order chi connectivity index (χ0) is 20.9. The Morgan fingerprint density at radius 2 is 1.79 bits per heavy atom. The molecule has 2 aromatic carbocycles. The fourth-order valence-electron chi connectivity index (χ4n) is 2.70. The van der Waals surface area contributed by atoms with Gasteiger partial charge in [0.2, 0.25) is 5.75 Å². The van der Waals surface area contributed by atoms with Crippen LogP contribution in [0.15, 0.2) is 30.3 Å². The number of methoxy groups -OCH3 is 1. The number of phenolic OH excluding ortho intramolecular Hbond substituents is 2. The molecule has 0 heterocycles. The maximum Gasteiger partial charge on any atom is 0.338 e. The van der Waals surface area contributed by atoms with Gasteiger partial charge in [-0.15, -0.1) is 0 Å². The summed E-state index contributed by atoms with van der Waals surface area (Å²) in [6, 6.07) is 7.57. The van der Waals surface area contributed by atoms with E-state index in [2.05, 4.69) is 0 Å². The van der Waals surface area contributed by atoms with E-state index >= 15 is 0 Å². The van der Waals surface area contributed by atoms with Crippen molar-refractivity contribution in [3.05, 3.63) is 41.5 Å². The molecule has 0 amide bonds. The molecule has 7 heteroatoms. The van der Waals surface area contributed by atoms with Crippen molar-refractivity contribution in [3.8, 4) is 28.7 Å². The molecule has 0 saturated carbocycles. The Morgan fingerprint density at radius 1 is 1.14 bits per heavy atom. The first-order chi connectivity index (χ1) is 13.2. The van der Waals surface area contributed by atoms with Gasteiger partial charge in [0.05, 0.1) is 25.9 Å². The molecule has 0 atom stereocenters. The van der Waals surface area contributed by atoms with Crippen LogP contribution in [-0.2, 0) is 10.2 Å². The van der Waals surface area contributed by atoms with Gasteiger partial charge in [-0.05, 0) is 30.7 Å².